The smallest absolute Gasteiger partial charge is 0.0702 e. The molecule has 214 valence electrons. The fourth-order valence-corrected chi connectivity index (χ4v) is 6.91. The number of rotatable bonds is 4. The summed E-state index contributed by atoms with van der Waals surface area (Å²) in [6, 6.07) is 54.6. The van der Waals surface area contributed by atoms with Crippen molar-refractivity contribution >= 4 is 43.2 Å². The number of aromatic nitrogens is 2. The van der Waals surface area contributed by atoms with Crippen LogP contribution >= 0.6 is 0 Å². The molecule has 0 saturated carbocycles. The van der Waals surface area contributed by atoms with E-state index in [-0.39, 0.29) is 0 Å². The largest absolute Gasteiger partial charge is 0.263 e. The lowest BCUT2D eigenvalue weighted by molar-refractivity contribution is 1.32. The Morgan fingerprint density at radius 3 is 1.48 bits per heavy atom. The zero-order valence-electron chi connectivity index (χ0n) is 25.1. The normalized spacial score (nSPS) is 11.5. The predicted octanol–water partition coefficient (Wildman–Crippen LogP) is 11.8. The van der Waals surface area contributed by atoms with E-state index in [1.807, 2.05) is 36.8 Å². The summed E-state index contributed by atoms with van der Waals surface area (Å²) >= 11 is 0. The minimum Gasteiger partial charge on any atom is -0.263 e. The van der Waals surface area contributed by atoms with Crippen molar-refractivity contribution in [1.82, 2.24) is 9.97 Å². The van der Waals surface area contributed by atoms with Gasteiger partial charge in [0.15, 0.2) is 0 Å². The van der Waals surface area contributed by atoms with E-state index in [4.69, 9.17) is 0 Å². The molecule has 2 nitrogen and oxygen atoms in total. The van der Waals surface area contributed by atoms with Gasteiger partial charge in [0.2, 0.25) is 0 Å². The van der Waals surface area contributed by atoms with Crippen LogP contribution in [0.4, 0.5) is 0 Å². The Balaban J connectivity index is 1.16. The van der Waals surface area contributed by atoms with Gasteiger partial charge < -0.3 is 0 Å². The Kier molecular flexibility index (Phi) is 6.17. The van der Waals surface area contributed by atoms with Gasteiger partial charge in [-0.05, 0) is 84.4 Å². The first kappa shape index (κ1) is 26.3. The molecule has 2 aromatic heterocycles. The zero-order valence-corrected chi connectivity index (χ0v) is 25.1. The summed E-state index contributed by atoms with van der Waals surface area (Å²) in [5.74, 6) is 0. The van der Waals surface area contributed by atoms with E-state index in [1.54, 1.807) is 0 Å². The molecule has 0 fully saturated rings. The van der Waals surface area contributed by atoms with Crippen molar-refractivity contribution in [3.05, 3.63) is 170 Å². The highest BCUT2D eigenvalue weighted by Gasteiger charge is 2.17. The molecule has 9 rings (SSSR count). The van der Waals surface area contributed by atoms with Gasteiger partial charge in [-0.1, -0.05) is 127 Å². The van der Waals surface area contributed by atoms with Crippen molar-refractivity contribution in [2.45, 2.75) is 0 Å². The van der Waals surface area contributed by atoms with Crippen LogP contribution in [0.3, 0.4) is 0 Å². The monoisotopic (exact) mass is 584 g/mol. The second kappa shape index (κ2) is 10.8. The standard InChI is InChI=1S/C44H28N2/c1-2-10-32-23-34(22-19-29(32)9-1)44-40-14-6-4-12-38(40)43(39-13-5-7-15-41(39)44)31-20-17-30(18-21-31)35-25-36(27-45-26-35)37-24-33-11-3-8-16-42(33)46-28-37/h1-28H. The first-order chi connectivity index (χ1) is 22.8. The van der Waals surface area contributed by atoms with Crippen LogP contribution in [-0.2, 0) is 0 Å². The van der Waals surface area contributed by atoms with E-state index in [9.17, 15) is 0 Å². The summed E-state index contributed by atoms with van der Waals surface area (Å²) in [7, 11) is 0. The number of nitrogens with zero attached hydrogens (tertiary/aromatic N) is 2. The van der Waals surface area contributed by atoms with Crippen LogP contribution in [0.2, 0.25) is 0 Å². The lowest BCUT2D eigenvalue weighted by Crippen LogP contribution is -1.91. The van der Waals surface area contributed by atoms with Crippen molar-refractivity contribution in [2.75, 3.05) is 0 Å². The highest BCUT2D eigenvalue weighted by Crippen LogP contribution is 2.44. The molecular formula is C44H28N2. The number of fused-ring (bicyclic) bond motifs is 4. The average molecular weight is 585 g/mol. The Hall–Kier alpha value is -6.12. The highest BCUT2D eigenvalue weighted by atomic mass is 14.7. The molecule has 0 bridgehead atoms. The maximum absolute atomic E-state index is 4.67. The summed E-state index contributed by atoms with van der Waals surface area (Å²) < 4.78 is 0. The van der Waals surface area contributed by atoms with Crippen molar-refractivity contribution in [3.8, 4) is 44.5 Å². The molecule has 2 heterocycles. The van der Waals surface area contributed by atoms with Crippen molar-refractivity contribution in [2.24, 2.45) is 0 Å². The molecule has 0 aliphatic rings. The van der Waals surface area contributed by atoms with Crippen LogP contribution in [0.5, 0.6) is 0 Å². The van der Waals surface area contributed by atoms with Gasteiger partial charge in [-0.15, -0.1) is 0 Å². The Bertz CT molecular complexity index is 2520. The second-order valence-corrected chi connectivity index (χ2v) is 11.9. The maximum Gasteiger partial charge on any atom is 0.0702 e. The molecule has 0 aliphatic heterocycles. The van der Waals surface area contributed by atoms with Gasteiger partial charge in [0, 0.05) is 40.7 Å². The lowest BCUT2D eigenvalue weighted by Gasteiger charge is -2.18. The van der Waals surface area contributed by atoms with Crippen LogP contribution in [0.15, 0.2) is 170 Å². The van der Waals surface area contributed by atoms with Crippen LogP contribution in [-0.4, -0.2) is 9.97 Å². The van der Waals surface area contributed by atoms with Crippen molar-refractivity contribution in [3.63, 3.8) is 0 Å². The van der Waals surface area contributed by atoms with Gasteiger partial charge >= 0.3 is 0 Å². The van der Waals surface area contributed by atoms with Crippen molar-refractivity contribution in [1.29, 1.82) is 0 Å². The van der Waals surface area contributed by atoms with Gasteiger partial charge in [-0.2, -0.15) is 0 Å². The average Bonchev–Trinajstić information content (AvgIpc) is 3.13. The Labute approximate surface area is 267 Å². The molecule has 0 radical (unpaired) electrons. The molecule has 0 saturated heterocycles. The molecule has 0 aliphatic carbocycles. The number of pyridine rings is 2. The number of benzene rings is 7. The highest BCUT2D eigenvalue weighted by molar-refractivity contribution is 6.21. The first-order valence-corrected chi connectivity index (χ1v) is 15.6. The van der Waals surface area contributed by atoms with Gasteiger partial charge in [0.25, 0.3) is 0 Å². The molecular weight excluding hydrogens is 556 g/mol. The number of hydrogen-bond acceptors (Lipinski definition) is 2. The van der Waals surface area contributed by atoms with Gasteiger partial charge in [0.05, 0.1) is 5.52 Å². The third kappa shape index (κ3) is 4.43. The van der Waals surface area contributed by atoms with E-state index in [1.165, 1.54) is 54.6 Å². The minimum atomic E-state index is 0.997. The maximum atomic E-state index is 4.67. The lowest BCUT2D eigenvalue weighted by atomic mass is 9.85. The summed E-state index contributed by atoms with van der Waals surface area (Å²) in [6.07, 6.45) is 5.79. The van der Waals surface area contributed by atoms with Crippen LogP contribution in [0, 0.1) is 0 Å². The molecule has 0 unspecified atom stereocenters. The molecule has 2 heteroatoms. The van der Waals surface area contributed by atoms with Gasteiger partial charge in [0.1, 0.15) is 0 Å². The zero-order chi connectivity index (χ0) is 30.5. The van der Waals surface area contributed by atoms with Crippen LogP contribution in [0.25, 0.3) is 87.7 Å². The summed E-state index contributed by atoms with van der Waals surface area (Å²) in [4.78, 5) is 9.28. The topological polar surface area (TPSA) is 25.8 Å². The molecule has 0 spiro atoms. The quantitative estimate of drug-likeness (QED) is 0.192. The molecule has 0 amide bonds. The third-order valence-electron chi connectivity index (χ3n) is 9.14. The number of hydrogen-bond donors (Lipinski definition) is 0. The molecule has 7 aromatic carbocycles. The van der Waals surface area contributed by atoms with Gasteiger partial charge in [-0.3, -0.25) is 9.97 Å². The number of para-hydroxylation sites is 1. The molecule has 0 N–H and O–H groups in total. The second-order valence-electron chi connectivity index (χ2n) is 11.9. The van der Waals surface area contributed by atoms with E-state index in [0.29, 0.717) is 0 Å². The Morgan fingerprint density at radius 2 is 0.783 bits per heavy atom. The summed E-state index contributed by atoms with van der Waals surface area (Å²) in [5, 5.41) is 8.66. The molecule has 46 heavy (non-hydrogen) atoms. The SMILES string of the molecule is c1ccc2cc(-c3c4ccccc4c(-c4ccc(-c5cncc(-c6cnc7ccccc7c6)c5)cc4)c4ccccc34)ccc2c1. The predicted molar refractivity (Wildman–Crippen MR) is 194 cm³/mol. The first-order valence-electron chi connectivity index (χ1n) is 15.6. The van der Waals surface area contributed by atoms with Crippen LogP contribution in [0.1, 0.15) is 0 Å². The summed E-state index contributed by atoms with van der Waals surface area (Å²) in [5.41, 5.74) is 10.3. The molecule has 0 atom stereocenters. The van der Waals surface area contributed by atoms with E-state index < -0.39 is 0 Å². The minimum absolute atomic E-state index is 0.997. The van der Waals surface area contributed by atoms with E-state index >= 15 is 0 Å². The van der Waals surface area contributed by atoms with E-state index in [2.05, 4.69) is 143 Å². The summed E-state index contributed by atoms with van der Waals surface area (Å²) in [6.45, 7) is 0. The Morgan fingerprint density at radius 1 is 0.304 bits per heavy atom. The fourth-order valence-electron chi connectivity index (χ4n) is 6.91. The molecule has 9 aromatic rings. The van der Waals surface area contributed by atoms with Crippen LogP contribution < -0.4 is 0 Å². The van der Waals surface area contributed by atoms with Gasteiger partial charge in [-0.25, -0.2) is 0 Å². The fraction of sp³-hybridized carbons (Fsp3) is 0. The third-order valence-corrected chi connectivity index (χ3v) is 9.14. The van der Waals surface area contributed by atoms with E-state index in [0.717, 1.165) is 33.2 Å². The van der Waals surface area contributed by atoms with Crippen molar-refractivity contribution < 1.29 is 0 Å².